The van der Waals surface area contributed by atoms with Crippen LogP contribution >= 0.6 is 24.0 Å². The third kappa shape index (κ3) is 10.7. The topological polar surface area (TPSA) is 48.9 Å². The Kier molecular flexibility index (Phi) is 14.9. The van der Waals surface area contributed by atoms with Gasteiger partial charge in [-0.25, -0.2) is 4.99 Å². The number of nitrogens with one attached hydrogen (secondary N) is 2. The zero-order valence-electron chi connectivity index (χ0n) is 16.2. The Balaban J connectivity index is 0.00000576. The lowest BCUT2D eigenvalue weighted by atomic mass is 10.1. The summed E-state index contributed by atoms with van der Waals surface area (Å²) < 4.78 is 5.06. The van der Waals surface area contributed by atoms with Crippen LogP contribution in [0.15, 0.2) is 29.3 Å². The molecule has 0 aliphatic rings. The molecule has 0 unspecified atom stereocenters. The first-order valence-corrected chi connectivity index (χ1v) is 9.04. The molecule has 144 valence electrons. The van der Waals surface area contributed by atoms with Gasteiger partial charge in [-0.15, -0.1) is 24.0 Å². The number of benzene rings is 1. The summed E-state index contributed by atoms with van der Waals surface area (Å²) in [5, 5.41) is 6.60. The minimum atomic E-state index is 0. The molecule has 0 aliphatic heterocycles. The summed E-state index contributed by atoms with van der Waals surface area (Å²) in [6, 6.07) is 8.78. The summed E-state index contributed by atoms with van der Waals surface area (Å²) in [5.41, 5.74) is 2.59. The van der Waals surface area contributed by atoms with Crippen molar-refractivity contribution in [1.82, 2.24) is 15.5 Å². The molecule has 0 fully saturated rings. The predicted molar refractivity (Wildman–Crippen MR) is 118 cm³/mol. The van der Waals surface area contributed by atoms with E-state index in [1.807, 2.05) is 0 Å². The van der Waals surface area contributed by atoms with Gasteiger partial charge in [0.1, 0.15) is 0 Å². The molecule has 0 heterocycles. The van der Waals surface area contributed by atoms with Gasteiger partial charge in [0.15, 0.2) is 5.96 Å². The van der Waals surface area contributed by atoms with Crippen LogP contribution in [0.4, 0.5) is 0 Å². The third-order valence-electron chi connectivity index (χ3n) is 3.91. The van der Waals surface area contributed by atoms with Crippen LogP contribution < -0.4 is 10.6 Å². The van der Waals surface area contributed by atoms with Crippen LogP contribution in [0.3, 0.4) is 0 Å². The number of aliphatic imine (C=N–C) groups is 1. The van der Waals surface area contributed by atoms with Gasteiger partial charge in [-0.2, -0.15) is 0 Å². The van der Waals surface area contributed by atoms with Crippen molar-refractivity contribution < 1.29 is 4.74 Å². The number of hydrogen-bond acceptors (Lipinski definition) is 3. The summed E-state index contributed by atoms with van der Waals surface area (Å²) >= 11 is 0. The maximum atomic E-state index is 5.06. The summed E-state index contributed by atoms with van der Waals surface area (Å²) in [6.07, 6.45) is 0.973. The summed E-state index contributed by atoms with van der Waals surface area (Å²) in [6.45, 7) is 12.8. The van der Waals surface area contributed by atoms with Gasteiger partial charge in [-0.05, 0) is 37.6 Å². The smallest absolute Gasteiger partial charge is 0.191 e. The van der Waals surface area contributed by atoms with E-state index in [1.165, 1.54) is 11.1 Å². The number of methoxy groups -OCH3 is 1. The van der Waals surface area contributed by atoms with Gasteiger partial charge in [0.2, 0.25) is 0 Å². The van der Waals surface area contributed by atoms with Gasteiger partial charge in [-0.1, -0.05) is 38.1 Å². The number of nitrogens with zero attached hydrogens (tertiary/aromatic N) is 2. The fourth-order valence-corrected chi connectivity index (χ4v) is 2.39. The molecule has 6 heteroatoms. The third-order valence-corrected chi connectivity index (χ3v) is 3.91. The lowest BCUT2D eigenvalue weighted by molar-refractivity contribution is 0.195. The lowest BCUT2D eigenvalue weighted by Gasteiger charge is -2.18. The normalized spacial score (nSPS) is 11.3. The van der Waals surface area contributed by atoms with Gasteiger partial charge in [0.05, 0.1) is 6.54 Å². The van der Waals surface area contributed by atoms with Gasteiger partial charge in [0.25, 0.3) is 0 Å². The molecule has 1 aromatic rings. The first-order chi connectivity index (χ1) is 11.7. The minimum absolute atomic E-state index is 0. The van der Waals surface area contributed by atoms with E-state index in [1.54, 1.807) is 7.11 Å². The van der Waals surface area contributed by atoms with Crippen LogP contribution in [-0.2, 0) is 17.8 Å². The Hall–Kier alpha value is -0.860. The van der Waals surface area contributed by atoms with E-state index >= 15 is 0 Å². The summed E-state index contributed by atoms with van der Waals surface area (Å²) in [5.74, 6) is 0.862. The molecular weight excluding hydrogens is 427 g/mol. The Labute approximate surface area is 170 Å². The highest BCUT2D eigenvalue weighted by atomic mass is 127. The van der Waals surface area contributed by atoms with Gasteiger partial charge >= 0.3 is 0 Å². The molecule has 0 aromatic heterocycles. The van der Waals surface area contributed by atoms with Crippen molar-refractivity contribution in [2.24, 2.45) is 4.99 Å². The zero-order chi connectivity index (χ0) is 17.6. The second-order valence-corrected chi connectivity index (χ2v) is 5.75. The van der Waals surface area contributed by atoms with E-state index in [2.05, 4.69) is 65.6 Å². The maximum absolute atomic E-state index is 5.06. The van der Waals surface area contributed by atoms with Crippen molar-refractivity contribution in [3.05, 3.63) is 35.4 Å². The monoisotopic (exact) mass is 462 g/mol. The molecule has 0 radical (unpaired) electrons. The molecular formula is C19H35IN4O. The van der Waals surface area contributed by atoms with E-state index in [4.69, 9.17) is 4.74 Å². The summed E-state index contributed by atoms with van der Waals surface area (Å²) in [7, 11) is 1.73. The van der Waals surface area contributed by atoms with Crippen LogP contribution in [0.5, 0.6) is 0 Å². The minimum Gasteiger partial charge on any atom is -0.385 e. The van der Waals surface area contributed by atoms with Gasteiger partial charge < -0.3 is 15.4 Å². The van der Waals surface area contributed by atoms with Crippen molar-refractivity contribution >= 4 is 29.9 Å². The number of rotatable bonds is 11. The Morgan fingerprint density at radius 3 is 2.24 bits per heavy atom. The second kappa shape index (κ2) is 15.4. The average molecular weight is 462 g/mol. The number of hydrogen-bond donors (Lipinski definition) is 2. The second-order valence-electron chi connectivity index (χ2n) is 5.75. The highest BCUT2D eigenvalue weighted by molar-refractivity contribution is 14.0. The number of guanidine groups is 1. The first kappa shape index (κ1) is 24.1. The van der Waals surface area contributed by atoms with E-state index < -0.39 is 0 Å². The molecule has 0 spiro atoms. The predicted octanol–water partition coefficient (Wildman–Crippen LogP) is 3.24. The van der Waals surface area contributed by atoms with Gasteiger partial charge in [0, 0.05) is 33.4 Å². The summed E-state index contributed by atoms with van der Waals surface area (Å²) in [4.78, 5) is 7.06. The SMILES string of the molecule is CCNC(=NCc1ccc(CN(CC)CC)cc1)NCCCOC.I. The van der Waals surface area contributed by atoms with Crippen molar-refractivity contribution in [1.29, 1.82) is 0 Å². The van der Waals surface area contributed by atoms with E-state index in [9.17, 15) is 0 Å². The molecule has 0 atom stereocenters. The number of halogens is 1. The first-order valence-electron chi connectivity index (χ1n) is 9.04. The standard InChI is InChI=1S/C19H34N4O.HI/c1-5-20-19(21-13-8-14-24-4)22-15-17-9-11-18(12-10-17)16-23(6-2)7-3;/h9-12H,5-8,13-16H2,1-4H3,(H2,20,21,22);1H. The Morgan fingerprint density at radius 1 is 1.04 bits per heavy atom. The highest BCUT2D eigenvalue weighted by Gasteiger charge is 2.02. The molecule has 0 bridgehead atoms. The largest absolute Gasteiger partial charge is 0.385 e. The molecule has 1 rings (SSSR count). The van der Waals surface area contributed by atoms with Crippen LogP contribution in [0.1, 0.15) is 38.3 Å². The van der Waals surface area contributed by atoms with Crippen molar-refractivity contribution in [2.45, 2.75) is 40.3 Å². The Bertz CT molecular complexity index is 461. The van der Waals surface area contributed by atoms with Crippen LogP contribution in [0, 0.1) is 0 Å². The van der Waals surface area contributed by atoms with Crippen LogP contribution in [-0.4, -0.2) is 50.8 Å². The maximum Gasteiger partial charge on any atom is 0.191 e. The molecule has 0 saturated carbocycles. The van der Waals surface area contributed by atoms with Crippen molar-refractivity contribution in [2.75, 3.05) is 39.9 Å². The average Bonchev–Trinajstić information content (AvgIpc) is 2.62. The highest BCUT2D eigenvalue weighted by Crippen LogP contribution is 2.08. The van der Waals surface area contributed by atoms with Crippen molar-refractivity contribution in [3.63, 3.8) is 0 Å². The Morgan fingerprint density at radius 2 is 1.68 bits per heavy atom. The molecule has 2 N–H and O–H groups in total. The van der Waals surface area contributed by atoms with E-state index in [0.717, 1.165) is 51.7 Å². The zero-order valence-corrected chi connectivity index (χ0v) is 18.5. The van der Waals surface area contributed by atoms with Crippen LogP contribution in [0.2, 0.25) is 0 Å². The molecule has 5 nitrogen and oxygen atoms in total. The number of ether oxygens (including phenoxy) is 1. The quantitative estimate of drug-likeness (QED) is 0.230. The molecule has 0 saturated heterocycles. The van der Waals surface area contributed by atoms with Gasteiger partial charge in [-0.3, -0.25) is 4.90 Å². The molecule has 0 aliphatic carbocycles. The van der Waals surface area contributed by atoms with E-state index in [-0.39, 0.29) is 24.0 Å². The molecule has 25 heavy (non-hydrogen) atoms. The molecule has 0 amide bonds. The fourth-order valence-electron chi connectivity index (χ4n) is 2.39. The van der Waals surface area contributed by atoms with Crippen molar-refractivity contribution in [3.8, 4) is 0 Å². The lowest BCUT2D eigenvalue weighted by Crippen LogP contribution is -2.38. The fraction of sp³-hybridized carbons (Fsp3) is 0.632. The molecule has 1 aromatic carbocycles. The van der Waals surface area contributed by atoms with E-state index in [0.29, 0.717) is 6.54 Å². The van der Waals surface area contributed by atoms with Crippen LogP contribution in [0.25, 0.3) is 0 Å².